The molecule has 1 aromatic heterocycles. The smallest absolute Gasteiger partial charge is 0.250 e. The van der Waals surface area contributed by atoms with Crippen molar-refractivity contribution in [1.82, 2.24) is 10.8 Å². The fourth-order valence-electron chi connectivity index (χ4n) is 3.15. The molecule has 0 unspecified atom stereocenters. The van der Waals surface area contributed by atoms with Crippen molar-refractivity contribution in [2.24, 2.45) is 0 Å². The highest BCUT2D eigenvalue weighted by Crippen LogP contribution is 2.25. The van der Waals surface area contributed by atoms with Crippen molar-refractivity contribution in [2.75, 3.05) is 6.61 Å². The van der Waals surface area contributed by atoms with E-state index in [1.54, 1.807) is 23.9 Å². The van der Waals surface area contributed by atoms with E-state index >= 15 is 0 Å². The van der Waals surface area contributed by atoms with Gasteiger partial charge in [-0.1, -0.05) is 42.5 Å². The maximum absolute atomic E-state index is 12.7. The number of hydroxylamine groups is 1. The summed E-state index contributed by atoms with van der Waals surface area (Å²) in [6, 6.07) is 17.3. The lowest BCUT2D eigenvalue weighted by atomic mass is 10.1. The number of furan rings is 1. The molecule has 0 aliphatic heterocycles. The lowest BCUT2D eigenvalue weighted by Crippen LogP contribution is -2.27. The van der Waals surface area contributed by atoms with Crippen LogP contribution in [0.3, 0.4) is 0 Å². The number of unbranched alkanes of at least 4 members (excludes halogenated alkanes) is 2. The van der Waals surface area contributed by atoms with E-state index in [1.807, 2.05) is 48.5 Å². The van der Waals surface area contributed by atoms with E-state index in [1.165, 1.54) is 0 Å². The van der Waals surface area contributed by atoms with Crippen LogP contribution in [0, 0.1) is 0 Å². The number of amides is 2. The van der Waals surface area contributed by atoms with E-state index in [0.717, 1.165) is 10.8 Å². The van der Waals surface area contributed by atoms with Gasteiger partial charge in [0.25, 0.3) is 5.91 Å². The molecule has 0 saturated carbocycles. The summed E-state index contributed by atoms with van der Waals surface area (Å²) >= 11 is 0. The Morgan fingerprint density at radius 3 is 2.68 bits per heavy atom. The predicted octanol–water partition coefficient (Wildman–Crippen LogP) is 4.12. The van der Waals surface area contributed by atoms with Gasteiger partial charge in [0.1, 0.15) is 18.1 Å². The third-order valence-corrected chi connectivity index (χ3v) is 4.80. The molecule has 3 rings (SSSR count). The SMILES string of the molecule is O=C(CCCC/C=C(\COc1cccc2ccccc12)C(=O)NCc1ccco1)NO. The van der Waals surface area contributed by atoms with E-state index in [-0.39, 0.29) is 25.5 Å². The quantitative estimate of drug-likeness (QED) is 0.187. The first-order valence-electron chi connectivity index (χ1n) is 10.2. The molecule has 0 spiro atoms. The van der Waals surface area contributed by atoms with Gasteiger partial charge in [0.05, 0.1) is 18.4 Å². The van der Waals surface area contributed by atoms with Crippen LogP contribution in [0.5, 0.6) is 5.75 Å². The number of allylic oxidation sites excluding steroid dienone is 1. The second-order valence-corrected chi connectivity index (χ2v) is 7.04. The molecule has 3 aromatic rings. The number of carbonyl (C=O) groups is 2. The van der Waals surface area contributed by atoms with Crippen LogP contribution in [0.4, 0.5) is 0 Å². The molecule has 0 atom stereocenters. The molecule has 31 heavy (non-hydrogen) atoms. The van der Waals surface area contributed by atoms with Crippen LogP contribution in [0.25, 0.3) is 10.8 Å². The number of benzene rings is 2. The molecule has 0 fully saturated rings. The molecule has 0 aliphatic rings. The second-order valence-electron chi connectivity index (χ2n) is 7.04. The van der Waals surface area contributed by atoms with Crippen molar-refractivity contribution < 1.29 is 24.0 Å². The number of fused-ring (bicyclic) bond motifs is 1. The van der Waals surface area contributed by atoms with Crippen molar-refractivity contribution in [3.05, 3.63) is 78.3 Å². The topological polar surface area (TPSA) is 101 Å². The number of rotatable bonds is 11. The molecule has 3 N–H and O–H groups in total. The molecule has 2 aromatic carbocycles. The molecule has 0 radical (unpaired) electrons. The van der Waals surface area contributed by atoms with E-state index in [0.29, 0.717) is 36.3 Å². The molecule has 0 bridgehead atoms. The van der Waals surface area contributed by atoms with Gasteiger partial charge in [-0.3, -0.25) is 14.8 Å². The van der Waals surface area contributed by atoms with Crippen molar-refractivity contribution >= 4 is 22.6 Å². The molecule has 162 valence electrons. The fourth-order valence-corrected chi connectivity index (χ4v) is 3.15. The van der Waals surface area contributed by atoms with Gasteiger partial charge >= 0.3 is 0 Å². The maximum atomic E-state index is 12.7. The first-order valence-corrected chi connectivity index (χ1v) is 10.2. The molecular formula is C24H26N2O5. The summed E-state index contributed by atoms with van der Waals surface area (Å²) in [5, 5.41) is 13.4. The van der Waals surface area contributed by atoms with Crippen LogP contribution in [0.2, 0.25) is 0 Å². The highest BCUT2D eigenvalue weighted by Gasteiger charge is 2.12. The molecule has 0 saturated heterocycles. The van der Waals surface area contributed by atoms with Gasteiger partial charge < -0.3 is 14.5 Å². The van der Waals surface area contributed by atoms with Crippen molar-refractivity contribution in [1.29, 1.82) is 0 Å². The lowest BCUT2D eigenvalue weighted by Gasteiger charge is -2.12. The van der Waals surface area contributed by atoms with Crippen molar-refractivity contribution in [2.45, 2.75) is 32.2 Å². The normalized spacial score (nSPS) is 11.3. The average Bonchev–Trinajstić information content (AvgIpc) is 3.32. The Balaban J connectivity index is 1.64. The highest BCUT2D eigenvalue weighted by molar-refractivity contribution is 5.94. The average molecular weight is 422 g/mol. The number of nitrogens with one attached hydrogen (secondary N) is 2. The highest BCUT2D eigenvalue weighted by atomic mass is 16.5. The molecule has 0 aliphatic carbocycles. The van der Waals surface area contributed by atoms with Crippen LogP contribution in [-0.2, 0) is 16.1 Å². The van der Waals surface area contributed by atoms with E-state index in [9.17, 15) is 9.59 Å². The van der Waals surface area contributed by atoms with Crippen LogP contribution in [0.15, 0.2) is 76.9 Å². The summed E-state index contributed by atoms with van der Waals surface area (Å²) in [4.78, 5) is 23.9. The minimum absolute atomic E-state index is 0.120. The molecule has 7 heteroatoms. The summed E-state index contributed by atoms with van der Waals surface area (Å²) in [6.45, 7) is 0.406. The third kappa shape index (κ3) is 6.72. The van der Waals surface area contributed by atoms with Gasteiger partial charge in [-0.2, -0.15) is 0 Å². The van der Waals surface area contributed by atoms with E-state index in [2.05, 4.69) is 5.32 Å². The first kappa shape index (κ1) is 22.1. The Kier molecular flexibility index (Phi) is 8.25. The van der Waals surface area contributed by atoms with E-state index in [4.69, 9.17) is 14.4 Å². The number of hydrogen-bond donors (Lipinski definition) is 3. The number of hydrogen-bond acceptors (Lipinski definition) is 5. The Morgan fingerprint density at radius 2 is 1.87 bits per heavy atom. The zero-order valence-electron chi connectivity index (χ0n) is 17.2. The van der Waals surface area contributed by atoms with Crippen LogP contribution in [0.1, 0.15) is 31.4 Å². The second kappa shape index (κ2) is 11.6. The van der Waals surface area contributed by atoms with Gasteiger partial charge in [0.15, 0.2) is 0 Å². The summed E-state index contributed by atoms with van der Waals surface area (Å²) in [5.41, 5.74) is 2.12. The Labute approximate surface area is 180 Å². The standard InChI is InChI=1S/C24H26N2O5/c27-23(26-29)14-3-1-2-9-19(24(28)25-16-20-11-7-15-30-20)17-31-22-13-6-10-18-8-4-5-12-21(18)22/h4-13,15,29H,1-3,14,16-17H2,(H,25,28)(H,26,27)/b19-9+. The summed E-state index contributed by atoms with van der Waals surface area (Å²) < 4.78 is 11.3. The number of carbonyl (C=O) groups excluding carboxylic acids is 2. The third-order valence-electron chi connectivity index (χ3n) is 4.80. The van der Waals surface area contributed by atoms with Crippen molar-refractivity contribution in [3.63, 3.8) is 0 Å². The number of ether oxygens (including phenoxy) is 1. The monoisotopic (exact) mass is 422 g/mol. The fraction of sp³-hybridized carbons (Fsp3) is 0.250. The van der Waals surface area contributed by atoms with Gasteiger partial charge in [-0.25, -0.2) is 5.48 Å². The molecule has 7 nitrogen and oxygen atoms in total. The molecule has 1 heterocycles. The first-order chi connectivity index (χ1) is 15.2. The maximum Gasteiger partial charge on any atom is 0.250 e. The summed E-state index contributed by atoms with van der Waals surface area (Å²) in [6.07, 6.45) is 5.55. The summed E-state index contributed by atoms with van der Waals surface area (Å²) in [7, 11) is 0. The van der Waals surface area contributed by atoms with Gasteiger partial charge in [-0.05, 0) is 42.8 Å². The van der Waals surface area contributed by atoms with Gasteiger partial charge in [-0.15, -0.1) is 0 Å². The predicted molar refractivity (Wildman–Crippen MR) is 116 cm³/mol. The lowest BCUT2D eigenvalue weighted by molar-refractivity contribution is -0.129. The van der Waals surface area contributed by atoms with Crippen LogP contribution in [-0.4, -0.2) is 23.6 Å². The summed E-state index contributed by atoms with van der Waals surface area (Å²) in [5.74, 6) is 0.726. The van der Waals surface area contributed by atoms with Crippen molar-refractivity contribution in [3.8, 4) is 5.75 Å². The minimum atomic E-state index is -0.417. The van der Waals surface area contributed by atoms with Crippen LogP contribution < -0.4 is 15.5 Å². The zero-order chi connectivity index (χ0) is 21.9. The van der Waals surface area contributed by atoms with Crippen LogP contribution >= 0.6 is 0 Å². The largest absolute Gasteiger partial charge is 0.488 e. The molecule has 2 amide bonds. The van der Waals surface area contributed by atoms with E-state index < -0.39 is 5.91 Å². The Bertz CT molecular complexity index is 1020. The Hall–Kier alpha value is -3.58. The molecular weight excluding hydrogens is 396 g/mol. The zero-order valence-corrected chi connectivity index (χ0v) is 17.2. The minimum Gasteiger partial charge on any atom is -0.488 e. The Morgan fingerprint density at radius 1 is 1.03 bits per heavy atom. The van der Waals surface area contributed by atoms with Gasteiger partial charge in [0, 0.05) is 11.8 Å². The van der Waals surface area contributed by atoms with Gasteiger partial charge in [0.2, 0.25) is 5.91 Å².